The third-order valence-electron chi connectivity index (χ3n) is 5.30. The average Bonchev–Trinajstić information content (AvgIpc) is 3.06. The van der Waals surface area contributed by atoms with E-state index < -0.39 is 5.60 Å². The lowest BCUT2D eigenvalue weighted by Gasteiger charge is -2.28. The molecule has 1 saturated carbocycles. The van der Waals surface area contributed by atoms with Gasteiger partial charge in [0.05, 0.1) is 5.60 Å². The van der Waals surface area contributed by atoms with Gasteiger partial charge in [0.2, 0.25) is 0 Å². The van der Waals surface area contributed by atoms with Crippen LogP contribution in [0, 0.1) is 5.82 Å². The van der Waals surface area contributed by atoms with Crippen LogP contribution in [0.15, 0.2) is 30.3 Å². The van der Waals surface area contributed by atoms with E-state index in [2.05, 4.69) is 15.0 Å². The molecule has 4 rings (SSSR count). The van der Waals surface area contributed by atoms with Crippen molar-refractivity contribution in [3.63, 3.8) is 0 Å². The second-order valence-corrected chi connectivity index (χ2v) is 7.33. The van der Waals surface area contributed by atoms with E-state index in [1.807, 2.05) is 11.5 Å². The van der Waals surface area contributed by atoms with Gasteiger partial charge in [0.1, 0.15) is 11.6 Å². The van der Waals surface area contributed by atoms with Crippen LogP contribution in [0.3, 0.4) is 0 Å². The molecule has 0 saturated heterocycles. The fourth-order valence-corrected chi connectivity index (χ4v) is 3.82. The van der Waals surface area contributed by atoms with Crippen molar-refractivity contribution in [1.29, 1.82) is 0 Å². The van der Waals surface area contributed by atoms with Crippen LogP contribution >= 0.6 is 0 Å². The van der Waals surface area contributed by atoms with E-state index in [0.29, 0.717) is 34.9 Å². The summed E-state index contributed by atoms with van der Waals surface area (Å²) in [7, 11) is 0. The minimum Gasteiger partial charge on any atom is -0.386 e. The summed E-state index contributed by atoms with van der Waals surface area (Å²) in [5, 5.41) is 10.7. The molecule has 2 heterocycles. The van der Waals surface area contributed by atoms with Gasteiger partial charge in [-0.3, -0.25) is 0 Å². The number of aromatic nitrogens is 4. The highest BCUT2D eigenvalue weighted by Gasteiger charge is 2.26. The van der Waals surface area contributed by atoms with Crippen LogP contribution < -0.4 is 5.73 Å². The number of benzene rings is 1. The van der Waals surface area contributed by atoms with Crippen molar-refractivity contribution in [1.82, 2.24) is 19.5 Å². The lowest BCUT2D eigenvalue weighted by molar-refractivity contribution is 0.0521. The van der Waals surface area contributed by atoms with E-state index in [0.717, 1.165) is 32.1 Å². The Morgan fingerprint density at radius 1 is 1.21 bits per heavy atom. The van der Waals surface area contributed by atoms with Gasteiger partial charge >= 0.3 is 0 Å². The predicted octanol–water partition coefficient (Wildman–Crippen LogP) is 3.94. The van der Waals surface area contributed by atoms with Crippen molar-refractivity contribution in [3.8, 4) is 11.4 Å². The maximum atomic E-state index is 13.7. The van der Waals surface area contributed by atoms with Gasteiger partial charge in [0.25, 0.3) is 0 Å². The fourth-order valence-electron chi connectivity index (χ4n) is 3.82. The van der Waals surface area contributed by atoms with Crippen LogP contribution in [0.2, 0.25) is 0 Å². The molecule has 0 amide bonds. The number of hydrogen-bond acceptors (Lipinski definition) is 5. The predicted molar refractivity (Wildman–Crippen MR) is 108 cm³/mol. The van der Waals surface area contributed by atoms with E-state index in [-0.39, 0.29) is 11.6 Å². The molecule has 3 N–H and O–H groups in total. The Morgan fingerprint density at radius 3 is 2.71 bits per heavy atom. The molecule has 1 aliphatic rings. The molecule has 0 unspecified atom stereocenters. The number of aryl methyl sites for hydroxylation is 1. The Labute approximate surface area is 163 Å². The van der Waals surface area contributed by atoms with Crippen molar-refractivity contribution in [2.45, 2.75) is 51.2 Å². The Balaban J connectivity index is 1.77. The van der Waals surface area contributed by atoms with Gasteiger partial charge in [0.15, 0.2) is 22.8 Å². The molecule has 0 bridgehead atoms. The minimum absolute atomic E-state index is 0.269. The molecule has 1 aromatic carbocycles. The van der Waals surface area contributed by atoms with Gasteiger partial charge < -0.3 is 15.4 Å². The van der Waals surface area contributed by atoms with Crippen LogP contribution in [0.1, 0.15) is 44.9 Å². The van der Waals surface area contributed by atoms with Crippen LogP contribution in [-0.2, 0) is 6.54 Å². The Kier molecular flexibility index (Phi) is 4.85. The number of aliphatic hydroxyl groups is 1. The Morgan fingerprint density at radius 2 is 2.00 bits per heavy atom. The number of fused-ring (bicyclic) bond motifs is 1. The summed E-state index contributed by atoms with van der Waals surface area (Å²) in [6, 6.07) is 6.30. The molecular weight excluding hydrogens is 357 g/mol. The van der Waals surface area contributed by atoms with E-state index in [4.69, 9.17) is 5.73 Å². The summed E-state index contributed by atoms with van der Waals surface area (Å²) in [5.74, 6) is 0.982. The maximum absolute atomic E-state index is 13.7. The molecular formula is C21H24FN5O. The van der Waals surface area contributed by atoms with Crippen molar-refractivity contribution in [3.05, 3.63) is 42.0 Å². The number of rotatable bonds is 4. The van der Waals surface area contributed by atoms with Crippen LogP contribution in [0.4, 0.5) is 10.2 Å². The third kappa shape index (κ3) is 3.49. The van der Waals surface area contributed by atoms with Gasteiger partial charge in [-0.25, -0.2) is 19.3 Å². The van der Waals surface area contributed by atoms with Crippen molar-refractivity contribution in [2.24, 2.45) is 0 Å². The third-order valence-corrected chi connectivity index (χ3v) is 5.30. The zero-order valence-electron chi connectivity index (χ0n) is 15.9. The smallest absolute Gasteiger partial charge is 0.166 e. The molecule has 0 aliphatic heterocycles. The SMILES string of the molecule is CCn1c(-c2cccc(F)c2)nc2c(N)nc(/C=C/C3(O)CCCCC3)nc21. The maximum Gasteiger partial charge on any atom is 0.166 e. The van der Waals surface area contributed by atoms with Gasteiger partial charge in [-0.15, -0.1) is 0 Å². The molecule has 0 radical (unpaired) electrons. The summed E-state index contributed by atoms with van der Waals surface area (Å²) in [6.07, 6.45) is 8.20. The fraction of sp³-hybridized carbons (Fsp3) is 0.381. The average molecular weight is 381 g/mol. The van der Waals surface area contributed by atoms with Gasteiger partial charge in [-0.2, -0.15) is 0 Å². The molecule has 1 fully saturated rings. The first-order chi connectivity index (χ1) is 13.5. The van der Waals surface area contributed by atoms with Gasteiger partial charge in [0, 0.05) is 12.1 Å². The lowest BCUT2D eigenvalue weighted by atomic mass is 9.84. The highest BCUT2D eigenvalue weighted by Crippen LogP contribution is 2.30. The number of halogens is 1. The molecule has 146 valence electrons. The number of nitrogens with zero attached hydrogens (tertiary/aromatic N) is 4. The minimum atomic E-state index is -0.803. The highest BCUT2D eigenvalue weighted by atomic mass is 19.1. The van der Waals surface area contributed by atoms with Crippen LogP contribution in [0.25, 0.3) is 28.6 Å². The summed E-state index contributed by atoms with van der Waals surface area (Å²) in [5.41, 5.74) is 7.10. The lowest BCUT2D eigenvalue weighted by Crippen LogP contribution is -2.28. The molecule has 28 heavy (non-hydrogen) atoms. The normalized spacial score (nSPS) is 16.8. The van der Waals surface area contributed by atoms with Gasteiger partial charge in [-0.1, -0.05) is 31.4 Å². The van der Waals surface area contributed by atoms with E-state index in [1.165, 1.54) is 12.1 Å². The largest absolute Gasteiger partial charge is 0.386 e. The second kappa shape index (κ2) is 7.31. The summed E-state index contributed by atoms with van der Waals surface area (Å²) < 4.78 is 15.6. The highest BCUT2D eigenvalue weighted by molar-refractivity contribution is 5.86. The monoisotopic (exact) mass is 381 g/mol. The van der Waals surface area contributed by atoms with Crippen molar-refractivity contribution in [2.75, 3.05) is 5.73 Å². The molecule has 6 nitrogen and oxygen atoms in total. The van der Waals surface area contributed by atoms with E-state index in [9.17, 15) is 9.50 Å². The Hall–Kier alpha value is -2.80. The molecule has 3 aromatic rings. The molecule has 7 heteroatoms. The summed E-state index contributed by atoms with van der Waals surface area (Å²) in [6.45, 7) is 2.58. The summed E-state index contributed by atoms with van der Waals surface area (Å²) >= 11 is 0. The number of imidazole rings is 1. The first-order valence-corrected chi connectivity index (χ1v) is 9.70. The number of hydrogen-bond donors (Lipinski definition) is 2. The van der Waals surface area contributed by atoms with Gasteiger partial charge in [-0.05, 0) is 44.1 Å². The van der Waals surface area contributed by atoms with Crippen LogP contribution in [-0.4, -0.2) is 30.2 Å². The molecule has 2 aromatic heterocycles. The zero-order chi connectivity index (χ0) is 19.7. The standard InChI is InChI=1S/C21H24FN5O/c1-2-27-19(14-7-6-8-15(22)13-14)26-17-18(23)24-16(25-20(17)27)9-12-21(28)10-4-3-5-11-21/h6-9,12-13,28H,2-5,10-11H2,1H3,(H2,23,24,25)/b12-9+. The first kappa shape index (κ1) is 18.6. The molecule has 0 spiro atoms. The number of nitrogens with two attached hydrogens (primary N) is 1. The zero-order valence-corrected chi connectivity index (χ0v) is 15.9. The first-order valence-electron chi connectivity index (χ1n) is 9.70. The number of anilines is 1. The van der Waals surface area contributed by atoms with Crippen molar-refractivity contribution < 1.29 is 9.50 Å². The molecule has 1 aliphatic carbocycles. The second-order valence-electron chi connectivity index (χ2n) is 7.33. The van der Waals surface area contributed by atoms with E-state index in [1.54, 1.807) is 24.3 Å². The molecule has 0 atom stereocenters. The summed E-state index contributed by atoms with van der Waals surface area (Å²) in [4.78, 5) is 13.5. The quantitative estimate of drug-likeness (QED) is 0.714. The Bertz CT molecular complexity index is 1040. The van der Waals surface area contributed by atoms with Crippen molar-refractivity contribution >= 4 is 23.1 Å². The topological polar surface area (TPSA) is 89.9 Å². The number of nitrogen functional groups attached to an aromatic ring is 1. The van der Waals surface area contributed by atoms with Crippen LogP contribution in [0.5, 0.6) is 0 Å². The van der Waals surface area contributed by atoms with E-state index >= 15 is 0 Å².